The molecule has 0 aromatic heterocycles. The van der Waals surface area contributed by atoms with E-state index in [1.165, 1.54) is 6.07 Å². The Morgan fingerprint density at radius 3 is 2.46 bits per heavy atom. The number of halogens is 1. The summed E-state index contributed by atoms with van der Waals surface area (Å²) in [7, 11) is 0. The Morgan fingerprint density at radius 2 is 1.88 bits per heavy atom. The number of phenolic OH excluding ortho intramolecular Hbond substituents is 1. The molecule has 6 heteroatoms. The lowest BCUT2D eigenvalue weighted by Gasteiger charge is -2.27. The van der Waals surface area contributed by atoms with Crippen LogP contribution in [0.2, 0.25) is 5.02 Å². The maximum Gasteiger partial charge on any atom is 0.331 e. The number of amides is 1. The van der Waals surface area contributed by atoms with Gasteiger partial charge in [-0.15, -0.1) is 0 Å². The molecule has 0 saturated heterocycles. The summed E-state index contributed by atoms with van der Waals surface area (Å²) in [6.45, 7) is 5.27. The minimum absolute atomic E-state index is 0.0164. The van der Waals surface area contributed by atoms with Gasteiger partial charge in [0, 0.05) is 15.8 Å². The minimum Gasteiger partial charge on any atom is -0.506 e. The van der Waals surface area contributed by atoms with E-state index in [0.29, 0.717) is 22.2 Å². The molecule has 0 bridgehead atoms. The van der Waals surface area contributed by atoms with Crippen LogP contribution in [0.5, 0.6) is 5.75 Å². The summed E-state index contributed by atoms with van der Waals surface area (Å²) in [5.74, 6) is -1.28. The molecule has 2 aromatic carbocycles. The van der Waals surface area contributed by atoms with Crippen molar-refractivity contribution in [2.75, 3.05) is 6.61 Å². The average Bonchev–Trinajstić information content (AvgIpc) is 2.58. The number of fused-ring (bicyclic) bond motifs is 1. The van der Waals surface area contributed by atoms with E-state index in [2.05, 4.69) is 5.32 Å². The Kier molecular flexibility index (Phi) is 5.34. The number of carbonyl (C=O) groups is 2. The molecule has 0 aliphatic heterocycles. The third-order valence-electron chi connectivity index (χ3n) is 4.03. The molecule has 1 amide bonds. The Hall–Kier alpha value is -2.27. The second-order valence-electron chi connectivity index (χ2n) is 5.66. The largest absolute Gasteiger partial charge is 0.506 e. The minimum atomic E-state index is -1.18. The van der Waals surface area contributed by atoms with Crippen molar-refractivity contribution in [2.45, 2.75) is 32.7 Å². The summed E-state index contributed by atoms with van der Waals surface area (Å²) in [5.41, 5.74) is -1.17. The molecule has 2 rings (SSSR count). The Labute approximate surface area is 145 Å². The third-order valence-corrected chi connectivity index (χ3v) is 4.35. The molecular weight excluding hydrogens is 330 g/mol. The molecule has 0 heterocycles. The quantitative estimate of drug-likeness (QED) is 0.808. The fourth-order valence-electron chi connectivity index (χ4n) is 2.38. The lowest BCUT2D eigenvalue weighted by Crippen LogP contribution is -2.52. The predicted molar refractivity (Wildman–Crippen MR) is 93.4 cm³/mol. The number of hydrogen-bond acceptors (Lipinski definition) is 4. The number of nitrogens with one attached hydrogen (secondary N) is 1. The van der Waals surface area contributed by atoms with Gasteiger partial charge in [-0.2, -0.15) is 0 Å². The number of phenols is 1. The van der Waals surface area contributed by atoms with Crippen molar-refractivity contribution in [3.8, 4) is 5.75 Å². The van der Waals surface area contributed by atoms with Crippen LogP contribution in [0, 0.1) is 0 Å². The standard InChI is InChI=1S/C18H20ClNO4/c1-4-18(3,17(23)24-5-2)20-16(22)13-10-14(19)11-8-6-7-9-12(11)15(13)21/h6-10,21H,4-5H2,1-3H3,(H,20,22)/t18-/m0/s1. The van der Waals surface area contributed by atoms with Crippen LogP contribution >= 0.6 is 11.6 Å². The SMILES string of the molecule is CCOC(=O)[C@](C)(CC)NC(=O)c1cc(Cl)c2ccccc2c1O. The van der Waals surface area contributed by atoms with E-state index >= 15 is 0 Å². The Balaban J connectivity index is 2.41. The monoisotopic (exact) mass is 349 g/mol. The van der Waals surface area contributed by atoms with Crippen LogP contribution in [-0.2, 0) is 9.53 Å². The Morgan fingerprint density at radius 1 is 1.25 bits per heavy atom. The fraction of sp³-hybridized carbons (Fsp3) is 0.333. The van der Waals surface area contributed by atoms with Gasteiger partial charge in [-0.05, 0) is 26.3 Å². The molecule has 2 aromatic rings. The summed E-state index contributed by atoms with van der Waals surface area (Å²) < 4.78 is 5.02. The van der Waals surface area contributed by atoms with Crippen LogP contribution in [0.4, 0.5) is 0 Å². The predicted octanol–water partition coefficient (Wildman–Crippen LogP) is 3.66. The van der Waals surface area contributed by atoms with E-state index in [1.807, 2.05) is 0 Å². The normalized spacial score (nSPS) is 13.3. The molecule has 5 nitrogen and oxygen atoms in total. The average molecular weight is 350 g/mol. The first-order valence-electron chi connectivity index (χ1n) is 7.74. The summed E-state index contributed by atoms with van der Waals surface area (Å²) in [4.78, 5) is 24.7. The molecule has 0 spiro atoms. The number of aromatic hydroxyl groups is 1. The van der Waals surface area contributed by atoms with Crippen LogP contribution in [0.15, 0.2) is 30.3 Å². The van der Waals surface area contributed by atoms with Crippen molar-refractivity contribution in [1.29, 1.82) is 0 Å². The summed E-state index contributed by atoms with van der Waals surface area (Å²) in [5, 5.41) is 14.5. The van der Waals surface area contributed by atoms with Crippen molar-refractivity contribution in [1.82, 2.24) is 5.32 Å². The van der Waals surface area contributed by atoms with E-state index in [4.69, 9.17) is 16.3 Å². The highest BCUT2D eigenvalue weighted by Crippen LogP contribution is 2.34. The molecule has 0 fully saturated rings. The van der Waals surface area contributed by atoms with E-state index in [-0.39, 0.29) is 17.9 Å². The summed E-state index contributed by atoms with van der Waals surface area (Å²) in [6.07, 6.45) is 0.347. The van der Waals surface area contributed by atoms with Gasteiger partial charge in [0.25, 0.3) is 5.91 Å². The third kappa shape index (κ3) is 3.31. The van der Waals surface area contributed by atoms with Gasteiger partial charge in [-0.1, -0.05) is 42.8 Å². The van der Waals surface area contributed by atoms with Crippen LogP contribution in [0.25, 0.3) is 10.8 Å². The molecule has 0 saturated carbocycles. The molecular formula is C18H20ClNO4. The molecule has 1 atom stereocenters. The van der Waals surface area contributed by atoms with E-state index in [0.717, 1.165) is 0 Å². The molecule has 24 heavy (non-hydrogen) atoms. The lowest BCUT2D eigenvalue weighted by molar-refractivity contribution is -0.150. The van der Waals surface area contributed by atoms with Crippen molar-refractivity contribution in [3.05, 3.63) is 40.9 Å². The lowest BCUT2D eigenvalue weighted by atomic mass is 9.97. The smallest absolute Gasteiger partial charge is 0.331 e. The Bertz CT molecular complexity index is 790. The zero-order valence-corrected chi connectivity index (χ0v) is 14.6. The van der Waals surface area contributed by atoms with Crippen molar-refractivity contribution in [2.24, 2.45) is 0 Å². The second kappa shape index (κ2) is 7.09. The number of rotatable bonds is 5. The molecule has 0 aliphatic rings. The highest BCUT2D eigenvalue weighted by molar-refractivity contribution is 6.36. The van der Waals surface area contributed by atoms with Crippen LogP contribution in [-0.4, -0.2) is 29.1 Å². The molecule has 0 radical (unpaired) electrons. The van der Waals surface area contributed by atoms with Crippen molar-refractivity contribution >= 4 is 34.2 Å². The van der Waals surface area contributed by atoms with Crippen LogP contribution in [0.1, 0.15) is 37.6 Å². The van der Waals surface area contributed by atoms with E-state index in [1.54, 1.807) is 45.0 Å². The molecule has 2 N–H and O–H groups in total. The number of esters is 1. The number of ether oxygens (including phenoxy) is 1. The van der Waals surface area contributed by atoms with E-state index < -0.39 is 17.4 Å². The van der Waals surface area contributed by atoms with E-state index in [9.17, 15) is 14.7 Å². The number of hydrogen-bond donors (Lipinski definition) is 2. The summed E-state index contributed by atoms with van der Waals surface area (Å²) >= 11 is 6.21. The van der Waals surface area contributed by atoms with Crippen molar-refractivity contribution < 1.29 is 19.4 Å². The zero-order valence-electron chi connectivity index (χ0n) is 13.9. The number of benzene rings is 2. The van der Waals surface area contributed by atoms with Gasteiger partial charge >= 0.3 is 5.97 Å². The first-order valence-corrected chi connectivity index (χ1v) is 8.11. The zero-order chi connectivity index (χ0) is 17.9. The number of carbonyl (C=O) groups excluding carboxylic acids is 2. The topological polar surface area (TPSA) is 75.6 Å². The van der Waals surface area contributed by atoms with Gasteiger partial charge in [0.15, 0.2) is 0 Å². The van der Waals surface area contributed by atoms with Gasteiger partial charge in [-0.25, -0.2) is 4.79 Å². The summed E-state index contributed by atoms with van der Waals surface area (Å²) in [6, 6.07) is 8.37. The molecule has 0 unspecified atom stereocenters. The van der Waals surface area contributed by atoms with Gasteiger partial charge in [0.1, 0.15) is 11.3 Å². The van der Waals surface area contributed by atoms with Crippen LogP contribution in [0.3, 0.4) is 0 Å². The van der Waals surface area contributed by atoms with Gasteiger partial charge in [-0.3, -0.25) is 4.79 Å². The van der Waals surface area contributed by atoms with Crippen LogP contribution < -0.4 is 5.32 Å². The first-order chi connectivity index (χ1) is 11.3. The highest BCUT2D eigenvalue weighted by Gasteiger charge is 2.35. The van der Waals surface area contributed by atoms with Gasteiger partial charge in [0.2, 0.25) is 0 Å². The first kappa shape index (κ1) is 18.1. The van der Waals surface area contributed by atoms with Gasteiger partial charge in [0.05, 0.1) is 12.2 Å². The fourth-order valence-corrected chi connectivity index (χ4v) is 2.65. The molecule has 128 valence electrons. The molecule has 0 aliphatic carbocycles. The maximum absolute atomic E-state index is 12.6. The maximum atomic E-state index is 12.6. The van der Waals surface area contributed by atoms with Gasteiger partial charge < -0.3 is 15.2 Å². The van der Waals surface area contributed by atoms with Crippen molar-refractivity contribution in [3.63, 3.8) is 0 Å². The second-order valence-corrected chi connectivity index (χ2v) is 6.07. The highest BCUT2D eigenvalue weighted by atomic mass is 35.5.